The van der Waals surface area contributed by atoms with Crippen LogP contribution in [0.2, 0.25) is 0 Å². The molecular formula is C31H23F10NO5. The van der Waals surface area contributed by atoms with Gasteiger partial charge in [0.2, 0.25) is 0 Å². The smallest absolute Gasteiger partial charge is 0.416 e. The monoisotopic (exact) mass is 679 g/mol. The maximum absolute atomic E-state index is 14.8. The fourth-order valence-corrected chi connectivity index (χ4v) is 6.06. The van der Waals surface area contributed by atoms with Crippen LogP contribution in [-0.2, 0) is 34.5 Å². The van der Waals surface area contributed by atoms with Crippen molar-refractivity contribution in [3.05, 3.63) is 87.7 Å². The van der Waals surface area contributed by atoms with E-state index in [4.69, 9.17) is 14.6 Å². The maximum atomic E-state index is 14.8. The Morgan fingerprint density at radius 1 is 0.872 bits per heavy atom. The first-order valence-corrected chi connectivity index (χ1v) is 13.9. The van der Waals surface area contributed by atoms with E-state index in [1.54, 1.807) is 0 Å². The fourth-order valence-electron chi connectivity index (χ4n) is 6.06. The van der Waals surface area contributed by atoms with Gasteiger partial charge in [0.1, 0.15) is 17.7 Å². The SMILES string of the molecule is COc1cc(F)c(CCC(=O)O)cc1-c1ccc(C(F)(F)F)cc1[C@@H]1CC[C@H]2[C@@H](c3cc(C(F)(F)F)cc(C(F)(F)F)c3)OC(=O)N12. The van der Waals surface area contributed by atoms with Crippen LogP contribution in [-0.4, -0.2) is 35.2 Å². The molecule has 3 aromatic rings. The number of halogens is 10. The highest BCUT2D eigenvalue weighted by molar-refractivity contribution is 5.78. The second-order valence-corrected chi connectivity index (χ2v) is 11.0. The zero-order chi connectivity index (χ0) is 34.6. The summed E-state index contributed by atoms with van der Waals surface area (Å²) in [4.78, 5) is 25.3. The van der Waals surface area contributed by atoms with Crippen molar-refractivity contribution in [1.82, 2.24) is 4.90 Å². The third-order valence-corrected chi connectivity index (χ3v) is 8.16. The van der Waals surface area contributed by atoms with Gasteiger partial charge in [-0.3, -0.25) is 9.69 Å². The number of hydrogen-bond donors (Lipinski definition) is 1. The highest BCUT2D eigenvalue weighted by Gasteiger charge is 2.52. The van der Waals surface area contributed by atoms with Gasteiger partial charge in [-0.25, -0.2) is 9.18 Å². The van der Waals surface area contributed by atoms with E-state index in [0.29, 0.717) is 12.1 Å². The molecule has 1 N–H and O–H groups in total. The van der Waals surface area contributed by atoms with Crippen molar-refractivity contribution in [2.24, 2.45) is 0 Å². The van der Waals surface area contributed by atoms with Gasteiger partial charge in [0.15, 0.2) is 0 Å². The number of fused-ring (bicyclic) bond motifs is 1. The summed E-state index contributed by atoms with van der Waals surface area (Å²) in [6.45, 7) is 0. The predicted molar refractivity (Wildman–Crippen MR) is 143 cm³/mol. The molecule has 252 valence electrons. The number of hydrogen-bond acceptors (Lipinski definition) is 4. The molecule has 2 saturated heterocycles. The van der Waals surface area contributed by atoms with E-state index in [2.05, 4.69) is 0 Å². The molecule has 16 heteroatoms. The van der Waals surface area contributed by atoms with Crippen molar-refractivity contribution in [3.63, 3.8) is 0 Å². The van der Waals surface area contributed by atoms with E-state index in [-0.39, 0.29) is 53.3 Å². The molecule has 2 aliphatic heterocycles. The highest BCUT2D eigenvalue weighted by Crippen LogP contribution is 2.51. The Labute approximate surface area is 259 Å². The number of carboxylic acids is 1. The lowest BCUT2D eigenvalue weighted by molar-refractivity contribution is -0.143. The third kappa shape index (κ3) is 6.67. The van der Waals surface area contributed by atoms with E-state index in [1.165, 1.54) is 6.07 Å². The van der Waals surface area contributed by atoms with Gasteiger partial charge in [-0.1, -0.05) is 6.07 Å². The number of carboxylic acid groups (broad SMARTS) is 1. The Morgan fingerprint density at radius 2 is 1.49 bits per heavy atom. The standard InChI is InChI=1S/C31H23F10NO5/c1-46-25-13-22(32)14(2-7-26(43)44)10-21(25)19-4-3-16(29(33,34)35)12-20(19)23-5-6-24-27(47-28(45)42(23)24)15-8-17(30(36,37)38)11-18(9-15)31(39,40)41/h3-4,8-13,23-24,27H,2,5-7H2,1H3,(H,43,44)/t23-,24-,27+/m0/s1. The minimum Gasteiger partial charge on any atom is -0.496 e. The number of ether oxygens (including phenoxy) is 2. The number of nitrogens with zero attached hydrogens (tertiary/aromatic N) is 1. The van der Waals surface area contributed by atoms with Crippen LogP contribution >= 0.6 is 0 Å². The summed E-state index contributed by atoms with van der Waals surface area (Å²) in [7, 11) is 1.16. The molecule has 0 saturated carbocycles. The van der Waals surface area contributed by atoms with Gasteiger partial charge in [0, 0.05) is 18.1 Å². The molecule has 2 heterocycles. The molecule has 5 rings (SSSR count). The van der Waals surface area contributed by atoms with Gasteiger partial charge < -0.3 is 14.6 Å². The number of carbonyl (C=O) groups excluding carboxylic acids is 1. The first-order valence-electron chi connectivity index (χ1n) is 13.9. The molecular weight excluding hydrogens is 656 g/mol. The van der Waals surface area contributed by atoms with E-state index in [0.717, 1.165) is 36.3 Å². The van der Waals surface area contributed by atoms with E-state index >= 15 is 0 Å². The minimum atomic E-state index is -5.18. The third-order valence-electron chi connectivity index (χ3n) is 8.16. The molecule has 1 amide bonds. The van der Waals surface area contributed by atoms with Gasteiger partial charge in [-0.15, -0.1) is 0 Å². The van der Waals surface area contributed by atoms with Crippen molar-refractivity contribution in [3.8, 4) is 16.9 Å². The molecule has 2 aliphatic rings. The van der Waals surface area contributed by atoms with Crippen LogP contribution in [0.15, 0.2) is 48.5 Å². The van der Waals surface area contributed by atoms with Gasteiger partial charge in [0.05, 0.1) is 35.9 Å². The number of methoxy groups -OCH3 is 1. The number of aryl methyl sites for hydroxylation is 1. The Bertz CT molecular complexity index is 1680. The van der Waals surface area contributed by atoms with Crippen LogP contribution in [0, 0.1) is 5.82 Å². The zero-order valence-electron chi connectivity index (χ0n) is 24.0. The Balaban J connectivity index is 1.62. The molecule has 6 nitrogen and oxygen atoms in total. The summed E-state index contributed by atoms with van der Waals surface area (Å²) >= 11 is 0. The summed E-state index contributed by atoms with van der Waals surface area (Å²) < 4.78 is 148. The number of aliphatic carboxylic acids is 1. The first kappa shape index (κ1) is 33.9. The van der Waals surface area contributed by atoms with Crippen LogP contribution in [0.5, 0.6) is 5.75 Å². The largest absolute Gasteiger partial charge is 0.496 e. The van der Waals surface area contributed by atoms with Gasteiger partial charge in [-0.05, 0) is 77.9 Å². The van der Waals surface area contributed by atoms with Gasteiger partial charge in [-0.2, -0.15) is 39.5 Å². The van der Waals surface area contributed by atoms with Crippen molar-refractivity contribution in [1.29, 1.82) is 0 Å². The summed E-state index contributed by atoms with van der Waals surface area (Å²) in [5.41, 5.74) is -5.13. The number of alkyl halides is 9. The maximum Gasteiger partial charge on any atom is 0.416 e. The summed E-state index contributed by atoms with van der Waals surface area (Å²) in [6.07, 6.45) is -18.9. The molecule has 0 spiro atoms. The summed E-state index contributed by atoms with van der Waals surface area (Å²) in [5.74, 6) is -2.21. The lowest BCUT2D eigenvalue weighted by atomic mass is 9.90. The number of benzene rings is 3. The second-order valence-electron chi connectivity index (χ2n) is 11.0. The second kappa shape index (κ2) is 11.9. The molecule has 0 radical (unpaired) electrons. The van der Waals surface area contributed by atoms with E-state index in [1.807, 2.05) is 0 Å². The average Bonchev–Trinajstić information content (AvgIpc) is 3.55. The quantitative estimate of drug-likeness (QED) is 0.253. The normalized spacial score (nSPS) is 19.9. The zero-order valence-corrected chi connectivity index (χ0v) is 24.0. The Morgan fingerprint density at radius 3 is 2.04 bits per heavy atom. The lowest BCUT2D eigenvalue weighted by Crippen LogP contribution is -2.31. The van der Waals surface area contributed by atoms with Crippen LogP contribution in [0.4, 0.5) is 48.7 Å². The van der Waals surface area contributed by atoms with Crippen molar-refractivity contribution < 1.29 is 68.1 Å². The Hall–Kier alpha value is -4.50. The number of carbonyl (C=O) groups is 2. The van der Waals surface area contributed by atoms with Crippen LogP contribution in [0.1, 0.15) is 64.8 Å². The molecule has 47 heavy (non-hydrogen) atoms. The van der Waals surface area contributed by atoms with Gasteiger partial charge in [0.25, 0.3) is 0 Å². The summed E-state index contributed by atoms with van der Waals surface area (Å²) in [6, 6.07) is 3.10. The van der Waals surface area contributed by atoms with Crippen molar-refractivity contribution in [2.75, 3.05) is 7.11 Å². The molecule has 0 bridgehead atoms. The number of rotatable bonds is 7. The van der Waals surface area contributed by atoms with Crippen LogP contribution in [0.3, 0.4) is 0 Å². The summed E-state index contributed by atoms with van der Waals surface area (Å²) in [5, 5.41) is 9.06. The molecule has 0 unspecified atom stereocenters. The molecule has 0 aromatic heterocycles. The lowest BCUT2D eigenvalue weighted by Gasteiger charge is -2.26. The fraction of sp³-hybridized carbons (Fsp3) is 0.355. The van der Waals surface area contributed by atoms with Crippen molar-refractivity contribution >= 4 is 12.1 Å². The number of cyclic esters (lactones) is 1. The molecule has 3 aromatic carbocycles. The van der Waals surface area contributed by atoms with Crippen LogP contribution in [0.25, 0.3) is 11.1 Å². The van der Waals surface area contributed by atoms with Gasteiger partial charge >= 0.3 is 30.6 Å². The molecule has 2 fully saturated rings. The average molecular weight is 680 g/mol. The minimum absolute atomic E-state index is 0.0340. The first-order chi connectivity index (χ1) is 21.8. The number of amides is 1. The predicted octanol–water partition coefficient (Wildman–Crippen LogP) is 8.97. The van der Waals surface area contributed by atoms with E-state index < -0.39 is 83.3 Å². The highest BCUT2D eigenvalue weighted by atomic mass is 19.4. The topological polar surface area (TPSA) is 76.1 Å². The molecule has 3 atom stereocenters. The Kier molecular flexibility index (Phi) is 8.60. The van der Waals surface area contributed by atoms with E-state index in [9.17, 15) is 53.5 Å². The molecule has 0 aliphatic carbocycles. The van der Waals surface area contributed by atoms with Crippen LogP contribution < -0.4 is 4.74 Å². The van der Waals surface area contributed by atoms with Crippen molar-refractivity contribution in [2.45, 2.75) is 62.4 Å².